The summed E-state index contributed by atoms with van der Waals surface area (Å²) in [5.41, 5.74) is 1.11. The van der Waals surface area contributed by atoms with Gasteiger partial charge in [-0.25, -0.2) is 0 Å². The smallest absolute Gasteiger partial charge is 0.307 e. The van der Waals surface area contributed by atoms with Gasteiger partial charge in [-0.05, 0) is 25.2 Å². The van der Waals surface area contributed by atoms with Crippen molar-refractivity contribution in [1.29, 1.82) is 0 Å². The third-order valence-corrected chi connectivity index (χ3v) is 2.15. The first-order chi connectivity index (χ1) is 5.18. The van der Waals surface area contributed by atoms with E-state index in [0.717, 1.165) is 30.8 Å². The highest BCUT2D eigenvalue weighted by Crippen LogP contribution is 2.24. The minimum absolute atomic E-state index is 0.243. The summed E-state index contributed by atoms with van der Waals surface area (Å²) in [6.07, 6.45) is 5.52. The molecule has 1 rings (SSSR count). The lowest BCUT2D eigenvalue weighted by Gasteiger charge is -2.16. The fraction of sp³-hybridized carbons (Fsp3) is 0.667. The van der Waals surface area contributed by atoms with Gasteiger partial charge in [0.15, 0.2) is 0 Å². The van der Waals surface area contributed by atoms with Gasteiger partial charge >= 0.3 is 5.97 Å². The molecule has 1 aliphatic carbocycles. The summed E-state index contributed by atoms with van der Waals surface area (Å²) >= 11 is 0. The molecule has 0 radical (unpaired) electrons. The van der Waals surface area contributed by atoms with Gasteiger partial charge in [-0.2, -0.15) is 0 Å². The van der Waals surface area contributed by atoms with E-state index in [1.165, 1.54) is 0 Å². The number of hydrogen-bond donors (Lipinski definition) is 1. The molecular formula is C9H14O2. The van der Waals surface area contributed by atoms with Crippen LogP contribution in [0.25, 0.3) is 0 Å². The van der Waals surface area contributed by atoms with Gasteiger partial charge in [0.05, 0.1) is 6.42 Å². The molecule has 2 nitrogen and oxygen atoms in total. The monoisotopic (exact) mass is 154 g/mol. The second-order valence-electron chi connectivity index (χ2n) is 3.31. The molecule has 2 heteroatoms. The number of rotatable bonds is 2. The van der Waals surface area contributed by atoms with Crippen LogP contribution in [-0.2, 0) is 4.79 Å². The standard InChI is InChI=1S/C9H14O2/c1-7-2-4-8(5-3-7)6-9(10)11/h4,7H,2-3,5-6H2,1H3,(H,10,11). The van der Waals surface area contributed by atoms with E-state index in [0.29, 0.717) is 0 Å². The lowest BCUT2D eigenvalue weighted by Crippen LogP contribution is -2.05. The van der Waals surface area contributed by atoms with Gasteiger partial charge < -0.3 is 5.11 Å². The van der Waals surface area contributed by atoms with Gasteiger partial charge in [-0.3, -0.25) is 4.79 Å². The Bertz CT molecular complexity index is 182. The van der Waals surface area contributed by atoms with Crippen LogP contribution >= 0.6 is 0 Å². The maximum absolute atomic E-state index is 10.3. The van der Waals surface area contributed by atoms with Crippen LogP contribution in [0, 0.1) is 5.92 Å². The summed E-state index contributed by atoms with van der Waals surface area (Å²) in [6, 6.07) is 0. The largest absolute Gasteiger partial charge is 0.481 e. The Labute approximate surface area is 66.9 Å². The van der Waals surface area contributed by atoms with E-state index in [1.807, 2.05) is 0 Å². The average molecular weight is 154 g/mol. The zero-order valence-corrected chi connectivity index (χ0v) is 6.84. The van der Waals surface area contributed by atoms with Crippen LogP contribution in [-0.4, -0.2) is 11.1 Å². The first-order valence-electron chi connectivity index (χ1n) is 4.08. The molecule has 1 aliphatic rings. The van der Waals surface area contributed by atoms with E-state index in [-0.39, 0.29) is 6.42 Å². The first-order valence-corrected chi connectivity index (χ1v) is 4.08. The number of carboxylic acid groups (broad SMARTS) is 1. The van der Waals surface area contributed by atoms with Crippen LogP contribution < -0.4 is 0 Å². The Morgan fingerprint density at radius 3 is 3.00 bits per heavy atom. The van der Waals surface area contributed by atoms with Gasteiger partial charge in [-0.1, -0.05) is 18.6 Å². The van der Waals surface area contributed by atoms with Crippen molar-refractivity contribution >= 4 is 5.97 Å². The minimum atomic E-state index is -0.703. The highest BCUT2D eigenvalue weighted by Gasteiger charge is 2.11. The summed E-state index contributed by atoms with van der Waals surface area (Å²) in [5.74, 6) is 0.0401. The van der Waals surface area contributed by atoms with Gasteiger partial charge in [0, 0.05) is 0 Å². The van der Waals surface area contributed by atoms with Crippen LogP contribution in [0.5, 0.6) is 0 Å². The van der Waals surface area contributed by atoms with Crippen molar-refractivity contribution in [3.05, 3.63) is 11.6 Å². The topological polar surface area (TPSA) is 37.3 Å². The van der Waals surface area contributed by atoms with Crippen LogP contribution in [0.1, 0.15) is 32.6 Å². The van der Waals surface area contributed by atoms with Gasteiger partial charge in [0.1, 0.15) is 0 Å². The molecule has 11 heavy (non-hydrogen) atoms. The SMILES string of the molecule is CC1CC=C(CC(=O)O)CC1. The molecule has 0 aromatic heterocycles. The second-order valence-corrected chi connectivity index (χ2v) is 3.31. The van der Waals surface area contributed by atoms with Crippen molar-refractivity contribution in [3.8, 4) is 0 Å². The molecule has 0 amide bonds. The molecule has 0 bridgehead atoms. The molecule has 0 aromatic rings. The molecule has 0 aliphatic heterocycles. The van der Waals surface area contributed by atoms with Crippen molar-refractivity contribution in [3.63, 3.8) is 0 Å². The fourth-order valence-corrected chi connectivity index (χ4v) is 1.37. The third kappa shape index (κ3) is 2.74. The second kappa shape index (κ2) is 3.56. The van der Waals surface area contributed by atoms with Crippen LogP contribution in [0.15, 0.2) is 11.6 Å². The van der Waals surface area contributed by atoms with Crippen molar-refractivity contribution < 1.29 is 9.90 Å². The average Bonchev–Trinajstić information content (AvgIpc) is 1.93. The highest BCUT2D eigenvalue weighted by molar-refractivity contribution is 5.70. The summed E-state index contributed by atoms with van der Waals surface area (Å²) in [6.45, 7) is 2.20. The van der Waals surface area contributed by atoms with E-state index in [2.05, 4.69) is 13.0 Å². The lowest BCUT2D eigenvalue weighted by atomic mass is 9.90. The lowest BCUT2D eigenvalue weighted by molar-refractivity contribution is -0.136. The Morgan fingerprint density at radius 1 is 1.82 bits per heavy atom. The Balaban J connectivity index is 2.41. The van der Waals surface area contributed by atoms with Crippen molar-refractivity contribution in [1.82, 2.24) is 0 Å². The van der Waals surface area contributed by atoms with Crippen LogP contribution in [0.2, 0.25) is 0 Å². The quantitative estimate of drug-likeness (QED) is 0.619. The maximum Gasteiger partial charge on any atom is 0.307 e. The van der Waals surface area contributed by atoms with E-state index >= 15 is 0 Å². The zero-order chi connectivity index (χ0) is 8.27. The molecule has 0 aromatic carbocycles. The minimum Gasteiger partial charge on any atom is -0.481 e. The number of allylic oxidation sites excluding steroid dienone is 1. The number of carboxylic acids is 1. The molecule has 0 spiro atoms. The molecule has 1 unspecified atom stereocenters. The molecule has 0 heterocycles. The zero-order valence-electron chi connectivity index (χ0n) is 6.84. The molecular weight excluding hydrogens is 140 g/mol. The number of carbonyl (C=O) groups is 1. The Hall–Kier alpha value is -0.790. The number of hydrogen-bond acceptors (Lipinski definition) is 1. The highest BCUT2D eigenvalue weighted by atomic mass is 16.4. The predicted molar refractivity (Wildman–Crippen MR) is 43.4 cm³/mol. The maximum atomic E-state index is 10.3. The van der Waals surface area contributed by atoms with Crippen molar-refractivity contribution in [2.75, 3.05) is 0 Å². The van der Waals surface area contributed by atoms with Crippen molar-refractivity contribution in [2.24, 2.45) is 5.92 Å². The molecule has 1 N–H and O–H groups in total. The Morgan fingerprint density at radius 2 is 2.55 bits per heavy atom. The normalized spacial score (nSPS) is 24.5. The number of aliphatic carboxylic acids is 1. The summed E-state index contributed by atoms with van der Waals surface area (Å²) in [7, 11) is 0. The van der Waals surface area contributed by atoms with Gasteiger partial charge in [0.2, 0.25) is 0 Å². The molecule has 1 atom stereocenters. The summed E-state index contributed by atoms with van der Waals surface area (Å²) in [4.78, 5) is 10.3. The van der Waals surface area contributed by atoms with Crippen LogP contribution in [0.4, 0.5) is 0 Å². The van der Waals surface area contributed by atoms with Crippen LogP contribution in [0.3, 0.4) is 0 Å². The van der Waals surface area contributed by atoms with E-state index in [4.69, 9.17) is 5.11 Å². The fourth-order valence-electron chi connectivity index (χ4n) is 1.37. The molecule has 0 fully saturated rings. The molecule has 0 saturated carbocycles. The first kappa shape index (κ1) is 8.31. The van der Waals surface area contributed by atoms with Gasteiger partial charge in [-0.15, -0.1) is 0 Å². The van der Waals surface area contributed by atoms with Crippen molar-refractivity contribution in [2.45, 2.75) is 32.6 Å². The summed E-state index contributed by atoms with van der Waals surface area (Å²) in [5, 5.41) is 8.49. The Kier molecular flexibility index (Phi) is 2.69. The van der Waals surface area contributed by atoms with Gasteiger partial charge in [0.25, 0.3) is 0 Å². The van der Waals surface area contributed by atoms with E-state index in [9.17, 15) is 4.79 Å². The summed E-state index contributed by atoms with van der Waals surface area (Å²) < 4.78 is 0. The molecule has 62 valence electrons. The third-order valence-electron chi connectivity index (χ3n) is 2.15. The van der Waals surface area contributed by atoms with E-state index in [1.54, 1.807) is 0 Å². The van der Waals surface area contributed by atoms with E-state index < -0.39 is 5.97 Å². The molecule has 0 saturated heterocycles. The predicted octanol–water partition coefficient (Wildman–Crippen LogP) is 2.21.